The Balaban J connectivity index is 1.96. The second kappa shape index (κ2) is 5.54. The highest BCUT2D eigenvalue weighted by Crippen LogP contribution is 2.35. The molecule has 5 nitrogen and oxygen atoms in total. The van der Waals surface area contributed by atoms with E-state index in [1.807, 2.05) is 54.7 Å². The summed E-state index contributed by atoms with van der Waals surface area (Å²) < 4.78 is 0. The summed E-state index contributed by atoms with van der Waals surface area (Å²) in [6.07, 6.45) is 2.22. The van der Waals surface area contributed by atoms with Crippen LogP contribution in [-0.2, 0) is 11.2 Å². The fraction of sp³-hybridized carbons (Fsp3) is 0.105. The van der Waals surface area contributed by atoms with Gasteiger partial charge in [0.05, 0.1) is 5.69 Å². The van der Waals surface area contributed by atoms with Crippen molar-refractivity contribution in [3.05, 3.63) is 60.3 Å². The first kappa shape index (κ1) is 14.5. The van der Waals surface area contributed by atoms with Gasteiger partial charge in [0, 0.05) is 40.0 Å². The summed E-state index contributed by atoms with van der Waals surface area (Å²) in [4.78, 5) is 17.9. The Bertz CT molecular complexity index is 1050. The van der Waals surface area contributed by atoms with Crippen molar-refractivity contribution in [1.29, 1.82) is 0 Å². The van der Waals surface area contributed by atoms with E-state index < -0.39 is 12.0 Å². The Morgan fingerprint density at radius 2 is 1.71 bits per heavy atom. The topological polar surface area (TPSA) is 94.9 Å². The molecule has 0 bridgehead atoms. The summed E-state index contributed by atoms with van der Waals surface area (Å²) in [5.74, 6) is -0.995. The fourth-order valence-corrected chi connectivity index (χ4v) is 3.23. The molecular formula is C19H17N3O2. The van der Waals surface area contributed by atoms with Gasteiger partial charge in [-0.15, -0.1) is 0 Å². The van der Waals surface area contributed by atoms with E-state index in [9.17, 15) is 9.90 Å². The summed E-state index contributed by atoms with van der Waals surface area (Å²) in [7, 11) is 0. The number of carboxylic acid groups (broad SMARTS) is 1. The van der Waals surface area contributed by atoms with E-state index in [0.717, 1.165) is 38.6 Å². The number of H-pyrrole nitrogens is 2. The highest BCUT2D eigenvalue weighted by atomic mass is 16.4. The molecule has 4 rings (SSSR count). The molecule has 5 heteroatoms. The number of rotatable bonds is 4. The van der Waals surface area contributed by atoms with Crippen molar-refractivity contribution in [3.8, 4) is 11.3 Å². The monoisotopic (exact) mass is 319 g/mol. The number of aliphatic carboxylic acids is 1. The maximum atomic E-state index is 11.2. The van der Waals surface area contributed by atoms with Crippen LogP contribution < -0.4 is 5.73 Å². The predicted octanol–water partition coefficient (Wildman–Crippen LogP) is 3.27. The minimum atomic E-state index is -0.995. The molecule has 24 heavy (non-hydrogen) atoms. The van der Waals surface area contributed by atoms with E-state index in [4.69, 9.17) is 5.73 Å². The normalized spacial score (nSPS) is 12.7. The molecule has 0 unspecified atom stereocenters. The zero-order valence-corrected chi connectivity index (χ0v) is 12.9. The number of fused-ring (bicyclic) bond motifs is 2. The van der Waals surface area contributed by atoms with E-state index in [-0.39, 0.29) is 6.42 Å². The van der Waals surface area contributed by atoms with Gasteiger partial charge in [-0.3, -0.25) is 4.79 Å². The van der Waals surface area contributed by atoms with Gasteiger partial charge in [-0.05, 0) is 17.7 Å². The molecule has 5 N–H and O–H groups in total. The number of aromatic nitrogens is 2. The van der Waals surface area contributed by atoms with Crippen molar-refractivity contribution in [2.75, 3.05) is 0 Å². The van der Waals surface area contributed by atoms with Crippen LogP contribution in [0.25, 0.3) is 33.1 Å². The van der Waals surface area contributed by atoms with Crippen molar-refractivity contribution in [1.82, 2.24) is 9.97 Å². The zero-order valence-electron chi connectivity index (χ0n) is 12.9. The number of nitrogens with two attached hydrogens (primary N) is 1. The molecule has 1 atom stereocenters. The van der Waals surface area contributed by atoms with E-state index in [2.05, 4.69) is 9.97 Å². The van der Waals surface area contributed by atoms with Gasteiger partial charge in [-0.25, -0.2) is 0 Å². The molecule has 0 spiro atoms. The average molecular weight is 319 g/mol. The van der Waals surface area contributed by atoms with E-state index in [0.29, 0.717) is 0 Å². The molecule has 0 saturated carbocycles. The van der Waals surface area contributed by atoms with Gasteiger partial charge >= 0.3 is 5.97 Å². The second-order valence-corrected chi connectivity index (χ2v) is 5.92. The van der Waals surface area contributed by atoms with Crippen LogP contribution in [-0.4, -0.2) is 27.1 Å². The maximum absolute atomic E-state index is 11.2. The van der Waals surface area contributed by atoms with E-state index in [1.165, 1.54) is 0 Å². The third-order valence-corrected chi connectivity index (χ3v) is 4.41. The average Bonchev–Trinajstić information content (AvgIpc) is 3.16. The highest BCUT2D eigenvalue weighted by molar-refractivity contribution is 6.00. The molecule has 0 aliphatic heterocycles. The first-order valence-corrected chi connectivity index (χ1v) is 7.79. The molecule has 0 fully saturated rings. The lowest BCUT2D eigenvalue weighted by Gasteiger charge is -2.08. The maximum Gasteiger partial charge on any atom is 0.320 e. The van der Waals surface area contributed by atoms with Crippen molar-refractivity contribution in [2.24, 2.45) is 5.73 Å². The van der Waals surface area contributed by atoms with E-state index in [1.54, 1.807) is 0 Å². The molecule has 0 aliphatic rings. The lowest BCUT2D eigenvalue weighted by molar-refractivity contribution is -0.138. The summed E-state index contributed by atoms with van der Waals surface area (Å²) in [5.41, 5.74) is 10.7. The van der Waals surface area contributed by atoms with Crippen LogP contribution in [0.1, 0.15) is 5.56 Å². The summed E-state index contributed by atoms with van der Waals surface area (Å²) in [6.45, 7) is 0. The molecule has 0 amide bonds. The predicted molar refractivity (Wildman–Crippen MR) is 94.9 cm³/mol. The molecule has 2 aromatic carbocycles. The summed E-state index contributed by atoms with van der Waals surface area (Å²) in [5, 5.41) is 11.3. The Labute approximate surface area is 138 Å². The van der Waals surface area contributed by atoms with Gasteiger partial charge in [0.15, 0.2) is 0 Å². The van der Waals surface area contributed by atoms with Crippen LogP contribution >= 0.6 is 0 Å². The Morgan fingerprint density at radius 3 is 2.46 bits per heavy atom. The number of benzene rings is 2. The number of carbonyl (C=O) groups is 1. The quantitative estimate of drug-likeness (QED) is 0.465. The first-order chi connectivity index (χ1) is 11.6. The van der Waals surface area contributed by atoms with Crippen LogP contribution in [0.15, 0.2) is 54.7 Å². The third-order valence-electron chi connectivity index (χ3n) is 4.41. The van der Waals surface area contributed by atoms with Gasteiger partial charge in [0.2, 0.25) is 0 Å². The van der Waals surface area contributed by atoms with Gasteiger partial charge in [-0.1, -0.05) is 36.4 Å². The van der Waals surface area contributed by atoms with Gasteiger partial charge in [-0.2, -0.15) is 0 Å². The number of hydrogen-bond donors (Lipinski definition) is 4. The molecular weight excluding hydrogens is 302 g/mol. The van der Waals surface area contributed by atoms with Gasteiger partial charge in [0.25, 0.3) is 0 Å². The van der Waals surface area contributed by atoms with Crippen molar-refractivity contribution >= 4 is 27.8 Å². The Morgan fingerprint density at radius 1 is 1.04 bits per heavy atom. The largest absolute Gasteiger partial charge is 0.480 e. The van der Waals surface area contributed by atoms with Crippen LogP contribution in [0.5, 0.6) is 0 Å². The van der Waals surface area contributed by atoms with Crippen molar-refractivity contribution < 1.29 is 9.90 Å². The fourth-order valence-electron chi connectivity index (χ4n) is 3.23. The number of nitrogens with one attached hydrogen (secondary N) is 2. The van der Waals surface area contributed by atoms with E-state index >= 15 is 0 Å². The molecule has 120 valence electrons. The molecule has 0 aliphatic carbocycles. The molecule has 0 radical (unpaired) electrons. The summed E-state index contributed by atoms with van der Waals surface area (Å²) in [6, 6.07) is 15.0. The summed E-state index contributed by atoms with van der Waals surface area (Å²) >= 11 is 0. The first-order valence-electron chi connectivity index (χ1n) is 7.79. The van der Waals surface area contributed by atoms with Crippen LogP contribution in [0, 0.1) is 0 Å². The second-order valence-electron chi connectivity index (χ2n) is 5.92. The van der Waals surface area contributed by atoms with Crippen LogP contribution in [0.4, 0.5) is 0 Å². The van der Waals surface area contributed by atoms with Gasteiger partial charge in [0.1, 0.15) is 6.04 Å². The Hall–Kier alpha value is -3.05. The van der Waals surface area contributed by atoms with Gasteiger partial charge < -0.3 is 20.8 Å². The lowest BCUT2D eigenvalue weighted by atomic mass is 9.99. The minimum Gasteiger partial charge on any atom is -0.480 e. The highest BCUT2D eigenvalue weighted by Gasteiger charge is 2.20. The molecule has 0 saturated heterocycles. The van der Waals surface area contributed by atoms with Crippen LogP contribution in [0.2, 0.25) is 0 Å². The minimum absolute atomic E-state index is 0.272. The number of para-hydroxylation sites is 2. The van der Waals surface area contributed by atoms with Crippen molar-refractivity contribution in [2.45, 2.75) is 12.5 Å². The molecule has 2 heterocycles. The molecule has 2 aromatic heterocycles. The SMILES string of the molecule is N[C@@H](Cc1c(-c2c[nH]c3ccccc23)[nH]c2ccccc12)C(=O)O. The lowest BCUT2D eigenvalue weighted by Crippen LogP contribution is -2.32. The van der Waals surface area contributed by atoms with Crippen LogP contribution in [0.3, 0.4) is 0 Å². The zero-order chi connectivity index (χ0) is 16.7. The number of hydrogen-bond acceptors (Lipinski definition) is 2. The standard InChI is InChI=1S/C19H17N3O2/c20-15(19(23)24)9-13-11-5-2-4-8-17(11)22-18(13)14-10-21-16-7-3-1-6-12(14)16/h1-8,10,15,21-22H,9,20H2,(H,23,24)/t15-/m0/s1. The third kappa shape index (κ3) is 2.26. The number of carboxylic acids is 1. The number of aromatic amines is 2. The van der Waals surface area contributed by atoms with Crippen molar-refractivity contribution in [3.63, 3.8) is 0 Å². The Kier molecular flexibility index (Phi) is 3.36. The molecule has 4 aromatic rings. The smallest absolute Gasteiger partial charge is 0.320 e.